The molecule has 0 amide bonds. The molecule has 17 heavy (non-hydrogen) atoms. The Bertz CT molecular complexity index is 642. The summed E-state index contributed by atoms with van der Waals surface area (Å²) in [6.07, 6.45) is 3.86. The number of nitrogens with one attached hydrogen (secondary N) is 1. The van der Waals surface area contributed by atoms with Crippen LogP contribution in [-0.4, -0.2) is 32.7 Å². The molecule has 0 aliphatic heterocycles. The van der Waals surface area contributed by atoms with Crippen LogP contribution in [0.4, 0.5) is 5.69 Å². The van der Waals surface area contributed by atoms with Crippen LogP contribution in [0.3, 0.4) is 0 Å². The SMILES string of the molecule is Cn1cc(CNc2cccc3n[se]nc23)cn1. The van der Waals surface area contributed by atoms with Crippen LogP contribution in [0, 0.1) is 0 Å². The third kappa shape index (κ3) is 2.09. The van der Waals surface area contributed by atoms with E-state index in [4.69, 9.17) is 0 Å². The van der Waals surface area contributed by atoms with Crippen LogP contribution in [0.5, 0.6) is 0 Å². The maximum absolute atomic E-state index is 4.43. The Morgan fingerprint density at radius 1 is 1.35 bits per heavy atom. The molecule has 3 aromatic rings. The van der Waals surface area contributed by atoms with Crippen molar-refractivity contribution in [1.82, 2.24) is 17.7 Å². The van der Waals surface area contributed by atoms with Gasteiger partial charge in [0.2, 0.25) is 0 Å². The number of hydrogen-bond donors (Lipinski definition) is 1. The van der Waals surface area contributed by atoms with Crippen molar-refractivity contribution >= 4 is 31.7 Å². The molecule has 0 fully saturated rings. The van der Waals surface area contributed by atoms with Gasteiger partial charge in [-0.2, -0.15) is 0 Å². The Labute approximate surface area is 105 Å². The number of hydrogen-bond acceptors (Lipinski definition) is 4. The normalized spacial score (nSPS) is 10.9. The van der Waals surface area contributed by atoms with Gasteiger partial charge >= 0.3 is 104 Å². The van der Waals surface area contributed by atoms with Crippen molar-refractivity contribution < 1.29 is 0 Å². The van der Waals surface area contributed by atoms with Crippen molar-refractivity contribution in [2.75, 3.05) is 5.32 Å². The van der Waals surface area contributed by atoms with Crippen molar-refractivity contribution in [1.29, 1.82) is 0 Å². The second kappa shape index (κ2) is 4.31. The van der Waals surface area contributed by atoms with Gasteiger partial charge < -0.3 is 0 Å². The van der Waals surface area contributed by atoms with Crippen LogP contribution in [0.1, 0.15) is 5.56 Å². The standard InChI is InChI=1S/C11H11N5Se/c1-16-7-8(6-13-16)5-12-9-3-2-4-10-11(9)15-17-14-10/h2-4,6-7,12H,5H2,1H3. The number of nitrogens with zero attached hydrogens (tertiary/aromatic N) is 4. The van der Waals surface area contributed by atoms with Crippen LogP contribution in [0.15, 0.2) is 30.6 Å². The topological polar surface area (TPSA) is 55.6 Å². The molecule has 1 aromatic carbocycles. The van der Waals surface area contributed by atoms with Crippen molar-refractivity contribution in [3.05, 3.63) is 36.2 Å². The molecule has 0 saturated heterocycles. The predicted octanol–water partition coefficient (Wildman–Crippen LogP) is 1.03. The van der Waals surface area contributed by atoms with Gasteiger partial charge in [-0.15, -0.1) is 0 Å². The molecule has 2 heterocycles. The van der Waals surface area contributed by atoms with Gasteiger partial charge in [0.1, 0.15) is 0 Å². The first-order chi connectivity index (χ1) is 8.33. The average molecular weight is 292 g/mol. The molecule has 3 rings (SSSR count). The summed E-state index contributed by atoms with van der Waals surface area (Å²) in [5.74, 6) is 0. The molecule has 0 unspecified atom stereocenters. The van der Waals surface area contributed by atoms with E-state index < -0.39 is 0 Å². The fourth-order valence-electron chi connectivity index (χ4n) is 1.71. The summed E-state index contributed by atoms with van der Waals surface area (Å²) in [6, 6.07) is 6.04. The Balaban J connectivity index is 1.83. The molecule has 0 saturated carbocycles. The van der Waals surface area contributed by atoms with Gasteiger partial charge in [0.25, 0.3) is 0 Å². The van der Waals surface area contributed by atoms with E-state index in [1.165, 1.54) is 0 Å². The quantitative estimate of drug-likeness (QED) is 0.733. The van der Waals surface area contributed by atoms with Gasteiger partial charge in [-0.25, -0.2) is 0 Å². The molecule has 0 aliphatic rings. The van der Waals surface area contributed by atoms with E-state index in [1.807, 2.05) is 37.6 Å². The zero-order valence-corrected chi connectivity index (χ0v) is 11.0. The maximum atomic E-state index is 4.43. The van der Waals surface area contributed by atoms with E-state index in [9.17, 15) is 0 Å². The minimum atomic E-state index is 0.0222. The predicted molar refractivity (Wildman–Crippen MR) is 67.0 cm³/mol. The number of aryl methyl sites for hydroxylation is 1. The van der Waals surface area contributed by atoms with E-state index >= 15 is 0 Å². The van der Waals surface area contributed by atoms with Crippen LogP contribution in [0.2, 0.25) is 0 Å². The number of anilines is 1. The zero-order chi connectivity index (χ0) is 11.7. The molecular formula is C11H11N5Se. The molecule has 6 heteroatoms. The molecule has 0 bridgehead atoms. The monoisotopic (exact) mass is 293 g/mol. The van der Waals surface area contributed by atoms with Gasteiger partial charge in [0, 0.05) is 0 Å². The van der Waals surface area contributed by atoms with Crippen LogP contribution in [0.25, 0.3) is 11.0 Å². The fraction of sp³-hybridized carbons (Fsp3) is 0.182. The number of aromatic nitrogens is 4. The summed E-state index contributed by atoms with van der Waals surface area (Å²) >= 11 is 0.0222. The summed E-state index contributed by atoms with van der Waals surface area (Å²) in [7, 11) is 1.92. The number of fused-ring (bicyclic) bond motifs is 1. The zero-order valence-electron chi connectivity index (χ0n) is 9.29. The summed E-state index contributed by atoms with van der Waals surface area (Å²) in [6.45, 7) is 0.757. The average Bonchev–Trinajstić information content (AvgIpc) is 2.94. The minimum absolute atomic E-state index is 0.0222. The van der Waals surface area contributed by atoms with Gasteiger partial charge in [-0.3, -0.25) is 0 Å². The first-order valence-electron chi connectivity index (χ1n) is 5.25. The first kappa shape index (κ1) is 10.5. The molecule has 1 N–H and O–H groups in total. The molecule has 2 aromatic heterocycles. The van der Waals surface area contributed by atoms with E-state index in [-0.39, 0.29) is 15.0 Å². The number of benzene rings is 1. The van der Waals surface area contributed by atoms with Gasteiger partial charge in [-0.05, 0) is 0 Å². The van der Waals surface area contributed by atoms with Gasteiger partial charge in [0.05, 0.1) is 0 Å². The van der Waals surface area contributed by atoms with Crippen molar-refractivity contribution in [2.24, 2.45) is 7.05 Å². The summed E-state index contributed by atoms with van der Waals surface area (Å²) in [5, 5.41) is 7.52. The Morgan fingerprint density at radius 2 is 2.29 bits per heavy atom. The van der Waals surface area contributed by atoms with Crippen LogP contribution < -0.4 is 5.32 Å². The fourth-order valence-corrected chi connectivity index (χ4v) is 2.86. The second-order valence-electron chi connectivity index (χ2n) is 3.81. The molecule has 0 aliphatic carbocycles. The molecular weight excluding hydrogens is 281 g/mol. The second-order valence-corrected chi connectivity index (χ2v) is 4.92. The van der Waals surface area contributed by atoms with Crippen molar-refractivity contribution in [3.63, 3.8) is 0 Å². The van der Waals surface area contributed by atoms with E-state index in [0.717, 1.165) is 28.8 Å². The third-order valence-corrected chi connectivity index (χ3v) is 3.67. The summed E-state index contributed by atoms with van der Waals surface area (Å²) < 4.78 is 10.6. The summed E-state index contributed by atoms with van der Waals surface area (Å²) in [4.78, 5) is 0. The molecule has 86 valence electrons. The Hall–Kier alpha value is -1.65. The number of rotatable bonds is 3. The third-order valence-electron chi connectivity index (χ3n) is 2.53. The summed E-state index contributed by atoms with van der Waals surface area (Å²) in [5.41, 5.74) is 4.21. The molecule has 5 nitrogen and oxygen atoms in total. The van der Waals surface area contributed by atoms with E-state index in [1.54, 1.807) is 4.68 Å². The Morgan fingerprint density at radius 3 is 3.12 bits per heavy atom. The van der Waals surface area contributed by atoms with Crippen molar-refractivity contribution in [3.8, 4) is 0 Å². The van der Waals surface area contributed by atoms with Gasteiger partial charge in [0.15, 0.2) is 0 Å². The van der Waals surface area contributed by atoms with Crippen LogP contribution in [-0.2, 0) is 13.6 Å². The van der Waals surface area contributed by atoms with E-state index in [2.05, 4.69) is 18.4 Å². The molecule has 0 radical (unpaired) electrons. The van der Waals surface area contributed by atoms with E-state index in [0.29, 0.717) is 0 Å². The molecule has 0 atom stereocenters. The first-order valence-corrected chi connectivity index (χ1v) is 6.79. The van der Waals surface area contributed by atoms with Crippen LogP contribution >= 0.6 is 0 Å². The van der Waals surface area contributed by atoms with Crippen molar-refractivity contribution in [2.45, 2.75) is 6.54 Å². The Kier molecular flexibility index (Phi) is 2.66. The molecule has 0 spiro atoms. The van der Waals surface area contributed by atoms with Gasteiger partial charge in [-0.1, -0.05) is 0 Å².